The minimum absolute atomic E-state index is 0.491. The highest BCUT2D eigenvalue weighted by atomic mass is 16.4. The molecule has 1 fully saturated rings. The Balaban J connectivity index is 2.48. The number of carboxylic acid groups (broad SMARTS) is 1. The zero-order valence-electron chi connectivity index (χ0n) is 6.75. The van der Waals surface area contributed by atoms with Gasteiger partial charge in [0.05, 0.1) is 0 Å². The Hall–Kier alpha value is -1.10. The van der Waals surface area contributed by atoms with Crippen molar-refractivity contribution in [2.24, 2.45) is 0 Å². The molecule has 1 amide bonds. The molecule has 0 aliphatic carbocycles. The van der Waals surface area contributed by atoms with Crippen molar-refractivity contribution in [1.29, 1.82) is 0 Å². The number of amides is 1. The normalized spacial score (nSPS) is 18.5. The molecule has 0 unspecified atom stereocenters. The molecule has 0 bridgehead atoms. The topological polar surface area (TPSA) is 69.6 Å². The molecule has 0 aromatic rings. The van der Waals surface area contributed by atoms with Gasteiger partial charge in [-0.05, 0) is 13.0 Å². The SMILES string of the molecule is O=C(O)C(=O)N1CCCNCC1. The Labute approximate surface area is 70.4 Å². The molecule has 68 valence electrons. The van der Waals surface area contributed by atoms with E-state index in [0.29, 0.717) is 19.6 Å². The van der Waals surface area contributed by atoms with Gasteiger partial charge >= 0.3 is 11.9 Å². The summed E-state index contributed by atoms with van der Waals surface area (Å²) in [6.45, 7) is 2.56. The van der Waals surface area contributed by atoms with Gasteiger partial charge in [0.2, 0.25) is 0 Å². The zero-order valence-corrected chi connectivity index (χ0v) is 6.75. The van der Waals surface area contributed by atoms with Crippen LogP contribution in [0.4, 0.5) is 0 Å². The molecule has 1 heterocycles. The van der Waals surface area contributed by atoms with E-state index in [1.54, 1.807) is 0 Å². The summed E-state index contributed by atoms with van der Waals surface area (Å²) >= 11 is 0. The lowest BCUT2D eigenvalue weighted by molar-refractivity contribution is -0.155. The molecule has 1 aliphatic rings. The highest BCUT2D eigenvalue weighted by Gasteiger charge is 2.20. The minimum atomic E-state index is -1.36. The van der Waals surface area contributed by atoms with Gasteiger partial charge in [-0.15, -0.1) is 0 Å². The van der Waals surface area contributed by atoms with Crippen molar-refractivity contribution >= 4 is 11.9 Å². The first-order chi connectivity index (χ1) is 5.72. The average molecular weight is 172 g/mol. The van der Waals surface area contributed by atoms with Crippen LogP contribution in [0.1, 0.15) is 6.42 Å². The van der Waals surface area contributed by atoms with E-state index in [-0.39, 0.29) is 0 Å². The van der Waals surface area contributed by atoms with Crippen molar-refractivity contribution in [3.63, 3.8) is 0 Å². The highest BCUT2D eigenvalue weighted by molar-refractivity contribution is 6.31. The fourth-order valence-corrected chi connectivity index (χ4v) is 1.18. The number of hydrogen-bond acceptors (Lipinski definition) is 3. The molecule has 2 N–H and O–H groups in total. The van der Waals surface area contributed by atoms with Crippen LogP contribution in [0.3, 0.4) is 0 Å². The Kier molecular flexibility index (Phi) is 3.04. The largest absolute Gasteiger partial charge is 0.474 e. The first kappa shape index (κ1) is 8.99. The molecule has 1 rings (SSSR count). The van der Waals surface area contributed by atoms with Crippen LogP contribution in [-0.2, 0) is 9.59 Å². The van der Waals surface area contributed by atoms with Gasteiger partial charge < -0.3 is 15.3 Å². The average Bonchev–Trinajstić information content (AvgIpc) is 2.30. The van der Waals surface area contributed by atoms with Crippen molar-refractivity contribution < 1.29 is 14.7 Å². The van der Waals surface area contributed by atoms with Crippen LogP contribution in [0, 0.1) is 0 Å². The molecule has 0 saturated carbocycles. The molecule has 5 heteroatoms. The molecule has 0 atom stereocenters. The number of aliphatic carboxylic acids is 1. The van der Waals surface area contributed by atoms with Crippen LogP contribution in [0.2, 0.25) is 0 Å². The van der Waals surface area contributed by atoms with Crippen LogP contribution < -0.4 is 5.32 Å². The second-order valence-electron chi connectivity index (χ2n) is 2.70. The summed E-state index contributed by atoms with van der Waals surface area (Å²) in [6, 6.07) is 0. The van der Waals surface area contributed by atoms with Crippen LogP contribution in [0.25, 0.3) is 0 Å². The predicted molar refractivity (Wildman–Crippen MR) is 41.7 cm³/mol. The second kappa shape index (κ2) is 4.06. The number of carbonyl (C=O) groups is 2. The van der Waals surface area contributed by atoms with Gasteiger partial charge in [-0.3, -0.25) is 4.79 Å². The maximum absolute atomic E-state index is 10.9. The quantitative estimate of drug-likeness (QED) is 0.455. The maximum Gasteiger partial charge on any atom is 0.394 e. The second-order valence-corrected chi connectivity index (χ2v) is 2.70. The first-order valence-electron chi connectivity index (χ1n) is 3.95. The molecule has 1 aliphatic heterocycles. The van der Waals surface area contributed by atoms with Crippen LogP contribution >= 0.6 is 0 Å². The Bertz CT molecular complexity index is 185. The van der Waals surface area contributed by atoms with Gasteiger partial charge in [0.15, 0.2) is 0 Å². The number of carboxylic acids is 1. The fourth-order valence-electron chi connectivity index (χ4n) is 1.18. The maximum atomic E-state index is 10.9. The van der Waals surface area contributed by atoms with Gasteiger partial charge in [0.1, 0.15) is 0 Å². The molecule has 1 saturated heterocycles. The highest BCUT2D eigenvalue weighted by Crippen LogP contribution is 1.95. The van der Waals surface area contributed by atoms with E-state index in [9.17, 15) is 9.59 Å². The first-order valence-corrected chi connectivity index (χ1v) is 3.95. The molecule has 0 aromatic carbocycles. The number of carbonyl (C=O) groups excluding carboxylic acids is 1. The molecule has 0 aromatic heterocycles. The minimum Gasteiger partial charge on any atom is -0.474 e. The molecule has 12 heavy (non-hydrogen) atoms. The van der Waals surface area contributed by atoms with Gasteiger partial charge in [-0.2, -0.15) is 0 Å². The van der Waals surface area contributed by atoms with E-state index in [1.807, 2.05) is 0 Å². The summed E-state index contributed by atoms with van der Waals surface area (Å²) in [7, 11) is 0. The Morgan fingerprint density at radius 3 is 2.67 bits per heavy atom. The Morgan fingerprint density at radius 2 is 2.00 bits per heavy atom. The monoisotopic (exact) mass is 172 g/mol. The van der Waals surface area contributed by atoms with E-state index in [1.165, 1.54) is 4.90 Å². The van der Waals surface area contributed by atoms with Crippen molar-refractivity contribution in [3.8, 4) is 0 Å². The van der Waals surface area contributed by atoms with Crippen molar-refractivity contribution in [2.45, 2.75) is 6.42 Å². The number of hydrogen-bond donors (Lipinski definition) is 2. The van der Waals surface area contributed by atoms with Crippen molar-refractivity contribution in [2.75, 3.05) is 26.2 Å². The number of rotatable bonds is 0. The van der Waals surface area contributed by atoms with Crippen LogP contribution in [-0.4, -0.2) is 48.1 Å². The van der Waals surface area contributed by atoms with Crippen LogP contribution in [0.15, 0.2) is 0 Å². The van der Waals surface area contributed by atoms with E-state index < -0.39 is 11.9 Å². The van der Waals surface area contributed by atoms with Crippen molar-refractivity contribution in [3.05, 3.63) is 0 Å². The van der Waals surface area contributed by atoms with E-state index >= 15 is 0 Å². The van der Waals surface area contributed by atoms with Gasteiger partial charge in [0, 0.05) is 19.6 Å². The third-order valence-electron chi connectivity index (χ3n) is 1.81. The third kappa shape index (κ3) is 2.20. The summed E-state index contributed by atoms with van der Waals surface area (Å²) in [6.07, 6.45) is 0.818. The summed E-state index contributed by atoms with van der Waals surface area (Å²) in [5.41, 5.74) is 0. The zero-order chi connectivity index (χ0) is 8.97. The van der Waals surface area contributed by atoms with Gasteiger partial charge in [-0.1, -0.05) is 0 Å². The predicted octanol–water partition coefficient (Wildman–Crippen LogP) is -1.11. The molecule has 0 spiro atoms. The summed E-state index contributed by atoms with van der Waals surface area (Å²) in [5, 5.41) is 11.5. The lowest BCUT2D eigenvalue weighted by Gasteiger charge is -2.16. The number of nitrogens with one attached hydrogen (secondary N) is 1. The summed E-state index contributed by atoms with van der Waals surface area (Å²) in [5.74, 6) is -2.16. The Morgan fingerprint density at radius 1 is 1.25 bits per heavy atom. The fraction of sp³-hybridized carbons (Fsp3) is 0.714. The molecule has 0 radical (unpaired) electrons. The van der Waals surface area contributed by atoms with E-state index in [4.69, 9.17) is 5.11 Å². The number of nitrogens with zero attached hydrogens (tertiary/aromatic N) is 1. The molecular formula is C7H12N2O3. The summed E-state index contributed by atoms with van der Waals surface area (Å²) in [4.78, 5) is 22.6. The van der Waals surface area contributed by atoms with Crippen LogP contribution in [0.5, 0.6) is 0 Å². The van der Waals surface area contributed by atoms with E-state index in [0.717, 1.165) is 13.0 Å². The smallest absolute Gasteiger partial charge is 0.394 e. The van der Waals surface area contributed by atoms with Gasteiger partial charge in [0.25, 0.3) is 0 Å². The van der Waals surface area contributed by atoms with Gasteiger partial charge in [-0.25, -0.2) is 4.79 Å². The lowest BCUT2D eigenvalue weighted by Crippen LogP contribution is -2.38. The molecular weight excluding hydrogens is 160 g/mol. The van der Waals surface area contributed by atoms with Crippen molar-refractivity contribution in [1.82, 2.24) is 10.2 Å². The third-order valence-corrected chi connectivity index (χ3v) is 1.81. The lowest BCUT2D eigenvalue weighted by atomic mass is 10.4. The summed E-state index contributed by atoms with van der Waals surface area (Å²) < 4.78 is 0. The van der Waals surface area contributed by atoms with E-state index in [2.05, 4.69) is 5.32 Å². The standard InChI is InChI=1S/C7H12N2O3/c10-6(7(11)12)9-4-1-2-8-3-5-9/h8H,1-5H2,(H,11,12). The molecule has 5 nitrogen and oxygen atoms in total.